The zero-order chi connectivity index (χ0) is 21.2. The molecule has 0 aromatic heterocycles. The molecule has 3 rings (SSSR count). The Bertz CT molecular complexity index is 957. The number of carbonyl (C=O) groups excluding carboxylic acids is 3. The molecule has 4 amide bonds. The Morgan fingerprint density at radius 3 is 2.28 bits per heavy atom. The summed E-state index contributed by atoms with van der Waals surface area (Å²) in [6.45, 7) is 1.58. The summed E-state index contributed by atoms with van der Waals surface area (Å²) in [5.74, 6) is -1.04. The van der Waals surface area contributed by atoms with Crippen molar-refractivity contribution in [2.45, 2.75) is 25.1 Å². The lowest BCUT2D eigenvalue weighted by molar-refractivity contribution is -0.137. The normalized spacial score (nSPS) is 18.9. The van der Waals surface area contributed by atoms with E-state index in [2.05, 4.69) is 16.0 Å². The first kappa shape index (κ1) is 20.4. The molecule has 152 valence electrons. The van der Waals surface area contributed by atoms with Crippen molar-refractivity contribution in [2.24, 2.45) is 0 Å². The number of rotatable bonds is 5. The van der Waals surface area contributed by atoms with E-state index in [4.69, 9.17) is 0 Å². The first-order valence-corrected chi connectivity index (χ1v) is 8.85. The van der Waals surface area contributed by atoms with Crippen LogP contribution >= 0.6 is 0 Å². The van der Waals surface area contributed by atoms with Gasteiger partial charge in [-0.25, -0.2) is 4.79 Å². The van der Waals surface area contributed by atoms with Gasteiger partial charge in [0, 0.05) is 5.56 Å². The Balaban J connectivity index is 1.82. The van der Waals surface area contributed by atoms with E-state index in [9.17, 15) is 27.6 Å². The number of nitrogens with one attached hydrogen (secondary N) is 3. The fourth-order valence-electron chi connectivity index (χ4n) is 3.12. The molecule has 1 heterocycles. The maximum absolute atomic E-state index is 12.8. The number of amides is 4. The predicted molar refractivity (Wildman–Crippen MR) is 98.9 cm³/mol. The van der Waals surface area contributed by atoms with Crippen LogP contribution in [0.15, 0.2) is 48.5 Å². The Morgan fingerprint density at radius 1 is 1.07 bits per heavy atom. The van der Waals surface area contributed by atoms with Gasteiger partial charge in [0.15, 0.2) is 0 Å². The molecule has 0 saturated carbocycles. The minimum Gasteiger partial charge on any atom is -0.349 e. The first-order valence-electron chi connectivity index (χ1n) is 8.85. The van der Waals surface area contributed by atoms with E-state index in [1.807, 2.05) is 0 Å². The van der Waals surface area contributed by atoms with Gasteiger partial charge in [0.1, 0.15) is 5.54 Å². The van der Waals surface area contributed by atoms with Crippen LogP contribution in [0.4, 0.5) is 18.0 Å². The molecule has 0 spiro atoms. The van der Waals surface area contributed by atoms with Crippen LogP contribution in [-0.4, -0.2) is 29.9 Å². The summed E-state index contributed by atoms with van der Waals surface area (Å²) in [6, 6.07) is 10.3. The monoisotopic (exact) mass is 405 g/mol. The summed E-state index contributed by atoms with van der Waals surface area (Å²) in [4.78, 5) is 36.2. The summed E-state index contributed by atoms with van der Waals surface area (Å²) in [5, 5.41) is 7.30. The van der Waals surface area contributed by atoms with Crippen LogP contribution < -0.4 is 16.0 Å². The molecular weight excluding hydrogens is 387 g/mol. The average Bonchev–Trinajstić information content (AvgIpc) is 2.99. The number of urea groups is 1. The van der Waals surface area contributed by atoms with Crippen LogP contribution in [-0.2, 0) is 11.0 Å². The maximum atomic E-state index is 12.8. The topological polar surface area (TPSA) is 87.3 Å². The molecule has 29 heavy (non-hydrogen) atoms. The van der Waals surface area contributed by atoms with Gasteiger partial charge in [-0.3, -0.25) is 14.9 Å². The molecule has 1 fully saturated rings. The SMILES string of the molecule is CC[C@]1(CNC(=O)c2ccccc2-c2ccc(C(F)(F)F)cc2)NC(=O)NC1=O. The summed E-state index contributed by atoms with van der Waals surface area (Å²) in [6.07, 6.45) is -4.18. The standard InChI is InChI=1S/C20H18F3N3O3/c1-2-19(17(28)25-18(29)26-19)11-24-16(27)15-6-4-3-5-14(15)12-7-9-13(10-8-12)20(21,22)23/h3-10H,2,11H2,1H3,(H,24,27)(H2,25,26,28,29)/t19-/m1/s1. The molecule has 6 nitrogen and oxygen atoms in total. The Labute approximate surface area is 164 Å². The third kappa shape index (κ3) is 4.08. The van der Waals surface area contributed by atoms with Crippen molar-refractivity contribution in [1.82, 2.24) is 16.0 Å². The van der Waals surface area contributed by atoms with Crippen LogP contribution in [0.1, 0.15) is 29.3 Å². The van der Waals surface area contributed by atoms with E-state index in [1.165, 1.54) is 18.2 Å². The molecule has 2 aromatic rings. The minimum absolute atomic E-state index is 0.124. The van der Waals surface area contributed by atoms with Crippen LogP contribution in [0.5, 0.6) is 0 Å². The Kier molecular flexibility index (Phi) is 5.32. The number of alkyl halides is 3. The lowest BCUT2D eigenvalue weighted by Gasteiger charge is -2.24. The number of hydrogen-bond donors (Lipinski definition) is 3. The Hall–Kier alpha value is -3.36. The molecular formula is C20H18F3N3O3. The second kappa shape index (κ2) is 7.57. The van der Waals surface area contributed by atoms with Gasteiger partial charge in [0.2, 0.25) is 0 Å². The quantitative estimate of drug-likeness (QED) is 0.668. The van der Waals surface area contributed by atoms with E-state index in [0.717, 1.165) is 12.1 Å². The second-order valence-corrected chi connectivity index (χ2v) is 6.65. The number of benzene rings is 2. The third-order valence-corrected chi connectivity index (χ3v) is 4.86. The van der Waals surface area contributed by atoms with Gasteiger partial charge < -0.3 is 10.6 Å². The highest BCUT2D eigenvalue weighted by Crippen LogP contribution is 2.32. The van der Waals surface area contributed by atoms with Crippen molar-refractivity contribution in [3.05, 3.63) is 59.7 Å². The van der Waals surface area contributed by atoms with E-state index in [0.29, 0.717) is 11.1 Å². The number of imide groups is 1. The zero-order valence-electron chi connectivity index (χ0n) is 15.4. The fourth-order valence-corrected chi connectivity index (χ4v) is 3.12. The maximum Gasteiger partial charge on any atom is 0.416 e. The molecule has 0 radical (unpaired) electrons. The molecule has 2 aromatic carbocycles. The van der Waals surface area contributed by atoms with Crippen LogP contribution in [0.25, 0.3) is 11.1 Å². The van der Waals surface area contributed by atoms with Crippen molar-refractivity contribution in [2.75, 3.05) is 6.54 Å². The molecule has 0 bridgehead atoms. The third-order valence-electron chi connectivity index (χ3n) is 4.86. The molecule has 1 aliphatic heterocycles. The van der Waals surface area contributed by atoms with Gasteiger partial charge >= 0.3 is 12.2 Å². The van der Waals surface area contributed by atoms with Gasteiger partial charge in [0.25, 0.3) is 11.8 Å². The lowest BCUT2D eigenvalue weighted by Crippen LogP contribution is -2.54. The minimum atomic E-state index is -4.45. The second-order valence-electron chi connectivity index (χ2n) is 6.65. The lowest BCUT2D eigenvalue weighted by atomic mass is 9.95. The van der Waals surface area contributed by atoms with Gasteiger partial charge in [-0.2, -0.15) is 13.2 Å². The number of hydrogen-bond acceptors (Lipinski definition) is 3. The summed E-state index contributed by atoms with van der Waals surface area (Å²) < 4.78 is 38.3. The van der Waals surface area contributed by atoms with Crippen molar-refractivity contribution >= 4 is 17.8 Å². The fraction of sp³-hybridized carbons (Fsp3) is 0.250. The van der Waals surface area contributed by atoms with Gasteiger partial charge in [0.05, 0.1) is 12.1 Å². The van der Waals surface area contributed by atoms with E-state index < -0.39 is 35.1 Å². The zero-order valence-corrected chi connectivity index (χ0v) is 15.4. The summed E-state index contributed by atoms with van der Waals surface area (Å²) in [5.41, 5.74) is -0.889. The first-order chi connectivity index (χ1) is 13.7. The molecule has 0 unspecified atom stereocenters. The van der Waals surface area contributed by atoms with Crippen LogP contribution in [0, 0.1) is 0 Å². The summed E-state index contributed by atoms with van der Waals surface area (Å²) in [7, 11) is 0. The average molecular weight is 405 g/mol. The molecule has 9 heteroatoms. The van der Waals surface area contributed by atoms with Crippen LogP contribution in [0.3, 0.4) is 0 Å². The largest absolute Gasteiger partial charge is 0.416 e. The van der Waals surface area contributed by atoms with Crippen molar-refractivity contribution < 1.29 is 27.6 Å². The molecule has 1 aliphatic rings. The van der Waals surface area contributed by atoms with Crippen molar-refractivity contribution in [3.63, 3.8) is 0 Å². The van der Waals surface area contributed by atoms with Gasteiger partial charge in [-0.1, -0.05) is 37.3 Å². The Morgan fingerprint density at radius 2 is 1.72 bits per heavy atom. The highest BCUT2D eigenvalue weighted by Gasteiger charge is 2.44. The predicted octanol–water partition coefficient (Wildman–Crippen LogP) is 3.09. The summed E-state index contributed by atoms with van der Waals surface area (Å²) >= 11 is 0. The van der Waals surface area contributed by atoms with Crippen molar-refractivity contribution in [3.8, 4) is 11.1 Å². The smallest absolute Gasteiger partial charge is 0.349 e. The highest BCUT2D eigenvalue weighted by atomic mass is 19.4. The van der Waals surface area contributed by atoms with Gasteiger partial charge in [-0.15, -0.1) is 0 Å². The molecule has 3 N–H and O–H groups in total. The number of halogens is 3. The van der Waals surface area contributed by atoms with Crippen molar-refractivity contribution in [1.29, 1.82) is 0 Å². The van der Waals surface area contributed by atoms with E-state index in [1.54, 1.807) is 25.1 Å². The highest BCUT2D eigenvalue weighted by molar-refractivity contribution is 6.08. The molecule has 1 saturated heterocycles. The van der Waals surface area contributed by atoms with Crippen LogP contribution in [0.2, 0.25) is 0 Å². The van der Waals surface area contributed by atoms with E-state index in [-0.39, 0.29) is 18.5 Å². The molecule has 0 aliphatic carbocycles. The number of carbonyl (C=O) groups is 3. The molecule has 1 atom stereocenters. The van der Waals surface area contributed by atoms with E-state index >= 15 is 0 Å². The van der Waals surface area contributed by atoms with Gasteiger partial charge in [-0.05, 0) is 35.7 Å².